The lowest BCUT2D eigenvalue weighted by Crippen LogP contribution is -2.16. The second-order valence-corrected chi connectivity index (χ2v) is 8.77. The van der Waals surface area contributed by atoms with Gasteiger partial charge in [-0.15, -0.1) is 0 Å². The Morgan fingerprint density at radius 1 is 1.06 bits per heavy atom. The third kappa shape index (κ3) is 5.70. The van der Waals surface area contributed by atoms with Crippen molar-refractivity contribution in [3.8, 4) is 22.8 Å². The van der Waals surface area contributed by atoms with Crippen LogP contribution in [-0.4, -0.2) is 36.7 Å². The number of hydrogen-bond donors (Lipinski definition) is 2. The molecule has 0 radical (unpaired) electrons. The van der Waals surface area contributed by atoms with Crippen LogP contribution in [0.1, 0.15) is 41.6 Å². The molecule has 3 rings (SSSR count). The summed E-state index contributed by atoms with van der Waals surface area (Å²) >= 11 is 7.32. The van der Waals surface area contributed by atoms with E-state index in [4.69, 9.17) is 41.0 Å². The molecule has 0 fully saturated rings. The number of thioether (sulfide) groups is 1. The summed E-state index contributed by atoms with van der Waals surface area (Å²) in [7, 11) is 3.01. The van der Waals surface area contributed by atoms with Gasteiger partial charge >= 0.3 is 0 Å². The molecule has 0 aliphatic heterocycles. The van der Waals surface area contributed by atoms with Crippen molar-refractivity contribution >= 4 is 39.2 Å². The number of benzene rings is 2. The molecule has 0 amide bonds. The molecule has 0 spiro atoms. The highest BCUT2D eigenvalue weighted by atomic mass is 35.5. The highest BCUT2D eigenvalue weighted by molar-refractivity contribution is 8.26. The van der Waals surface area contributed by atoms with Gasteiger partial charge in [0.15, 0.2) is 5.76 Å². The normalized spacial score (nSPS) is 11.7. The lowest BCUT2D eigenvalue weighted by atomic mass is 10.0. The number of Topliss-reactive ketones (excluding diaryl/α,β-unsaturated/α-hetero) is 1. The van der Waals surface area contributed by atoms with Gasteiger partial charge in [0, 0.05) is 17.7 Å². The summed E-state index contributed by atoms with van der Waals surface area (Å²) < 4.78 is 22.3. The first-order chi connectivity index (χ1) is 16.3. The van der Waals surface area contributed by atoms with Crippen molar-refractivity contribution in [1.29, 1.82) is 10.8 Å². The summed E-state index contributed by atoms with van der Waals surface area (Å²) in [6.45, 7) is 3.77. The molecule has 0 unspecified atom stereocenters. The van der Waals surface area contributed by atoms with E-state index in [1.54, 1.807) is 55.5 Å². The SMILES string of the molecule is CCO[C@H](C(=O)c1ccc(-c2cc(OC)c(Cl)c(OC)c2)o1)c1ccc(C(=N)SC(C)=N)cc1. The minimum Gasteiger partial charge on any atom is -0.495 e. The molecule has 3 aromatic rings. The van der Waals surface area contributed by atoms with Crippen LogP contribution < -0.4 is 9.47 Å². The smallest absolute Gasteiger partial charge is 0.231 e. The van der Waals surface area contributed by atoms with E-state index in [1.165, 1.54) is 14.2 Å². The average Bonchev–Trinajstić information content (AvgIpc) is 3.32. The first-order valence-electron chi connectivity index (χ1n) is 10.4. The molecule has 2 aromatic carbocycles. The van der Waals surface area contributed by atoms with Crippen molar-refractivity contribution < 1.29 is 23.4 Å². The molecule has 0 aliphatic carbocycles. The Morgan fingerprint density at radius 2 is 1.68 bits per heavy atom. The van der Waals surface area contributed by atoms with E-state index in [0.29, 0.717) is 50.6 Å². The van der Waals surface area contributed by atoms with Crippen LogP contribution in [0.2, 0.25) is 5.02 Å². The molecule has 1 aromatic heterocycles. The predicted molar refractivity (Wildman–Crippen MR) is 135 cm³/mol. The van der Waals surface area contributed by atoms with Crippen molar-refractivity contribution in [3.05, 3.63) is 70.4 Å². The van der Waals surface area contributed by atoms with Crippen LogP contribution in [0.25, 0.3) is 11.3 Å². The molecule has 1 heterocycles. The fourth-order valence-electron chi connectivity index (χ4n) is 3.28. The first-order valence-corrected chi connectivity index (χ1v) is 11.6. The molecule has 34 heavy (non-hydrogen) atoms. The van der Waals surface area contributed by atoms with Gasteiger partial charge in [0.1, 0.15) is 33.4 Å². The summed E-state index contributed by atoms with van der Waals surface area (Å²) in [4.78, 5) is 13.3. The summed E-state index contributed by atoms with van der Waals surface area (Å²) in [6, 6.07) is 13.7. The highest BCUT2D eigenvalue weighted by Gasteiger charge is 2.26. The maximum absolute atomic E-state index is 13.3. The molecule has 7 nitrogen and oxygen atoms in total. The van der Waals surface area contributed by atoms with Gasteiger partial charge in [0.05, 0.1) is 19.3 Å². The zero-order chi connectivity index (χ0) is 24.8. The molecule has 1 atom stereocenters. The second-order valence-electron chi connectivity index (χ2n) is 7.17. The van der Waals surface area contributed by atoms with Gasteiger partial charge in [-0.25, -0.2) is 0 Å². The van der Waals surface area contributed by atoms with Crippen molar-refractivity contribution in [3.63, 3.8) is 0 Å². The average molecular weight is 501 g/mol. The Bertz CT molecular complexity index is 1180. The molecule has 0 saturated carbocycles. The number of methoxy groups -OCH3 is 2. The largest absolute Gasteiger partial charge is 0.495 e. The van der Waals surface area contributed by atoms with E-state index in [0.717, 1.165) is 11.8 Å². The summed E-state index contributed by atoms with van der Waals surface area (Å²) in [5.41, 5.74) is 1.95. The summed E-state index contributed by atoms with van der Waals surface area (Å²) in [5.74, 6) is 1.13. The van der Waals surface area contributed by atoms with Gasteiger partial charge in [-0.3, -0.25) is 15.6 Å². The molecule has 9 heteroatoms. The Balaban J connectivity index is 1.88. The number of carbonyl (C=O) groups excluding carboxylic acids is 1. The Kier molecular flexibility index (Phi) is 8.55. The van der Waals surface area contributed by atoms with Gasteiger partial charge in [-0.2, -0.15) is 0 Å². The Labute approximate surface area is 207 Å². The van der Waals surface area contributed by atoms with Gasteiger partial charge in [-0.05, 0) is 43.7 Å². The number of furan rings is 1. The van der Waals surface area contributed by atoms with Gasteiger partial charge in [0.2, 0.25) is 5.78 Å². The van der Waals surface area contributed by atoms with E-state index in [9.17, 15) is 4.79 Å². The Morgan fingerprint density at radius 3 is 2.21 bits per heavy atom. The number of nitrogens with one attached hydrogen (secondary N) is 2. The monoisotopic (exact) mass is 500 g/mol. The third-order valence-electron chi connectivity index (χ3n) is 4.88. The van der Waals surface area contributed by atoms with Crippen molar-refractivity contribution in [1.82, 2.24) is 0 Å². The third-order valence-corrected chi connectivity index (χ3v) is 6.00. The minimum absolute atomic E-state index is 0.146. The van der Waals surface area contributed by atoms with E-state index >= 15 is 0 Å². The zero-order valence-corrected chi connectivity index (χ0v) is 20.8. The Hall–Kier alpha value is -3.07. The molecule has 0 aliphatic rings. The second kappa shape index (κ2) is 11.4. The van der Waals surface area contributed by atoms with E-state index < -0.39 is 6.10 Å². The van der Waals surface area contributed by atoms with Gasteiger partial charge in [0.25, 0.3) is 0 Å². The molecule has 0 saturated heterocycles. The van der Waals surface area contributed by atoms with Crippen molar-refractivity contribution in [2.24, 2.45) is 0 Å². The minimum atomic E-state index is -0.862. The van der Waals surface area contributed by atoms with Crippen LogP contribution in [0, 0.1) is 10.8 Å². The molecule has 178 valence electrons. The van der Waals surface area contributed by atoms with Crippen LogP contribution in [0.15, 0.2) is 52.9 Å². The number of rotatable bonds is 9. The number of ketones is 1. The molecular formula is C25H25ClN2O5S. The topological polar surface area (TPSA) is 106 Å². The number of hydrogen-bond acceptors (Lipinski definition) is 8. The summed E-state index contributed by atoms with van der Waals surface area (Å²) in [5, 5.41) is 16.6. The predicted octanol–water partition coefficient (Wildman–Crippen LogP) is 6.63. The fraction of sp³-hybridized carbons (Fsp3) is 0.240. The van der Waals surface area contributed by atoms with Gasteiger partial charge in [-0.1, -0.05) is 47.6 Å². The molecular weight excluding hydrogens is 476 g/mol. The van der Waals surface area contributed by atoms with Crippen molar-refractivity contribution in [2.75, 3.05) is 20.8 Å². The van der Waals surface area contributed by atoms with Gasteiger partial charge < -0.3 is 18.6 Å². The van der Waals surface area contributed by atoms with Crippen molar-refractivity contribution in [2.45, 2.75) is 20.0 Å². The standard InChI is InChI=1S/C25H25ClN2O5S/c1-5-32-24(15-6-8-16(9-7-15)25(28)34-14(2)27)23(29)19-11-10-18(33-19)17-12-20(30-3)22(26)21(13-17)31-4/h6-13,24,27-28H,5H2,1-4H3/t24-/m0/s1. The van der Waals surface area contributed by atoms with E-state index in [2.05, 4.69) is 0 Å². The van der Waals surface area contributed by atoms with Crippen LogP contribution in [0.5, 0.6) is 11.5 Å². The van der Waals surface area contributed by atoms with E-state index in [-0.39, 0.29) is 16.6 Å². The maximum atomic E-state index is 13.3. The van der Waals surface area contributed by atoms with Crippen LogP contribution in [-0.2, 0) is 4.74 Å². The lowest BCUT2D eigenvalue weighted by molar-refractivity contribution is 0.0428. The van der Waals surface area contributed by atoms with Crippen LogP contribution in [0.3, 0.4) is 0 Å². The lowest BCUT2D eigenvalue weighted by Gasteiger charge is -2.16. The highest BCUT2D eigenvalue weighted by Crippen LogP contribution is 2.39. The number of carbonyl (C=O) groups is 1. The first kappa shape index (κ1) is 25.6. The maximum Gasteiger partial charge on any atom is 0.231 e. The quantitative estimate of drug-likeness (QED) is 0.194. The molecule has 2 N–H and O–H groups in total. The molecule has 0 bridgehead atoms. The van der Waals surface area contributed by atoms with E-state index in [1.807, 2.05) is 6.92 Å². The van der Waals surface area contributed by atoms with Crippen LogP contribution >= 0.6 is 23.4 Å². The summed E-state index contributed by atoms with van der Waals surface area (Å²) in [6.07, 6.45) is -0.862. The number of ether oxygens (including phenoxy) is 3. The zero-order valence-electron chi connectivity index (χ0n) is 19.2. The number of halogens is 1. The van der Waals surface area contributed by atoms with Crippen LogP contribution in [0.4, 0.5) is 0 Å². The fourth-order valence-corrected chi connectivity index (χ4v) is 4.10.